The Hall–Kier alpha value is -0.830. The third-order valence-electron chi connectivity index (χ3n) is 2.15. The van der Waals surface area contributed by atoms with E-state index in [1.165, 1.54) is 0 Å². The van der Waals surface area contributed by atoms with E-state index in [0.717, 1.165) is 6.42 Å². The summed E-state index contributed by atoms with van der Waals surface area (Å²) in [5, 5.41) is 0. The van der Waals surface area contributed by atoms with Gasteiger partial charge in [0.05, 0.1) is 6.61 Å². The van der Waals surface area contributed by atoms with Crippen molar-refractivity contribution in [1.82, 2.24) is 0 Å². The molecule has 0 N–H and O–H groups in total. The van der Waals surface area contributed by atoms with Crippen LogP contribution in [0.15, 0.2) is 12.2 Å². The van der Waals surface area contributed by atoms with Crippen LogP contribution in [0.4, 0.5) is 0 Å². The minimum absolute atomic E-state index is 0.195. The standard InChI is InChI=1S/C11H18O3/c1-8(2)5-11(7-14-11)6-13-10(12)9(3)4/h8H,3,5-7H2,1-2,4H3. The Morgan fingerprint density at radius 2 is 2.21 bits per heavy atom. The van der Waals surface area contributed by atoms with Gasteiger partial charge in [-0.3, -0.25) is 0 Å². The molecule has 0 aliphatic carbocycles. The molecule has 3 heteroatoms. The van der Waals surface area contributed by atoms with Gasteiger partial charge in [0.1, 0.15) is 12.2 Å². The first-order valence-electron chi connectivity index (χ1n) is 4.92. The lowest BCUT2D eigenvalue weighted by Gasteiger charge is -2.14. The molecule has 0 radical (unpaired) electrons. The molecule has 1 unspecified atom stereocenters. The Balaban J connectivity index is 2.31. The zero-order chi connectivity index (χ0) is 10.8. The van der Waals surface area contributed by atoms with Gasteiger partial charge in [0.15, 0.2) is 0 Å². The second-order valence-corrected chi connectivity index (χ2v) is 4.43. The number of esters is 1. The van der Waals surface area contributed by atoms with Gasteiger partial charge >= 0.3 is 5.97 Å². The van der Waals surface area contributed by atoms with E-state index in [1.54, 1.807) is 6.92 Å². The highest BCUT2D eigenvalue weighted by atomic mass is 16.6. The van der Waals surface area contributed by atoms with E-state index in [-0.39, 0.29) is 11.6 Å². The Bertz CT molecular complexity index is 239. The lowest BCUT2D eigenvalue weighted by Crippen LogP contribution is -2.24. The van der Waals surface area contributed by atoms with Gasteiger partial charge in [-0.1, -0.05) is 20.4 Å². The minimum atomic E-state index is -0.330. The maximum atomic E-state index is 11.1. The fourth-order valence-corrected chi connectivity index (χ4v) is 1.43. The van der Waals surface area contributed by atoms with Gasteiger partial charge in [-0.2, -0.15) is 0 Å². The topological polar surface area (TPSA) is 38.8 Å². The third kappa shape index (κ3) is 3.14. The normalized spacial score (nSPS) is 24.9. The molecule has 1 rings (SSSR count). The molecule has 1 atom stereocenters. The van der Waals surface area contributed by atoms with Crippen molar-refractivity contribution in [3.63, 3.8) is 0 Å². The first-order valence-corrected chi connectivity index (χ1v) is 4.92. The van der Waals surface area contributed by atoms with Crippen LogP contribution in [0.5, 0.6) is 0 Å². The number of ether oxygens (including phenoxy) is 2. The molecular weight excluding hydrogens is 180 g/mol. The van der Waals surface area contributed by atoms with Gasteiger partial charge < -0.3 is 9.47 Å². The van der Waals surface area contributed by atoms with Crippen LogP contribution in [0, 0.1) is 5.92 Å². The van der Waals surface area contributed by atoms with Crippen molar-refractivity contribution >= 4 is 5.97 Å². The predicted molar refractivity (Wildman–Crippen MR) is 53.9 cm³/mol. The predicted octanol–water partition coefficient (Wildman–Crippen LogP) is 1.92. The Morgan fingerprint density at radius 1 is 1.64 bits per heavy atom. The van der Waals surface area contributed by atoms with Gasteiger partial charge in [0, 0.05) is 5.57 Å². The highest BCUT2D eigenvalue weighted by molar-refractivity contribution is 5.86. The van der Waals surface area contributed by atoms with Gasteiger partial charge in [0.2, 0.25) is 0 Å². The van der Waals surface area contributed by atoms with Crippen molar-refractivity contribution < 1.29 is 14.3 Å². The van der Waals surface area contributed by atoms with Gasteiger partial charge in [-0.15, -0.1) is 0 Å². The number of hydrogen-bond acceptors (Lipinski definition) is 3. The summed E-state index contributed by atoms with van der Waals surface area (Å²) < 4.78 is 10.4. The van der Waals surface area contributed by atoms with Crippen molar-refractivity contribution in [3.8, 4) is 0 Å². The number of carbonyl (C=O) groups excluding carboxylic acids is 1. The van der Waals surface area contributed by atoms with Crippen LogP contribution < -0.4 is 0 Å². The SMILES string of the molecule is C=C(C)C(=O)OCC1(CC(C)C)CO1. The molecule has 0 aromatic heterocycles. The van der Waals surface area contributed by atoms with Crippen LogP contribution in [0.25, 0.3) is 0 Å². The molecule has 0 amide bonds. The van der Waals surface area contributed by atoms with Crippen LogP contribution in [-0.4, -0.2) is 24.8 Å². The minimum Gasteiger partial charge on any atom is -0.459 e. The summed E-state index contributed by atoms with van der Waals surface area (Å²) in [5.74, 6) is 0.227. The zero-order valence-electron chi connectivity index (χ0n) is 9.13. The van der Waals surface area contributed by atoms with Crippen molar-refractivity contribution in [2.75, 3.05) is 13.2 Å². The van der Waals surface area contributed by atoms with Crippen molar-refractivity contribution in [1.29, 1.82) is 0 Å². The summed E-state index contributed by atoms with van der Waals surface area (Å²) in [5.41, 5.74) is 0.240. The van der Waals surface area contributed by atoms with E-state index in [0.29, 0.717) is 24.7 Å². The largest absolute Gasteiger partial charge is 0.459 e. The quantitative estimate of drug-likeness (QED) is 0.385. The summed E-state index contributed by atoms with van der Waals surface area (Å²) in [4.78, 5) is 11.1. The molecule has 0 aromatic rings. The molecule has 1 fully saturated rings. The third-order valence-corrected chi connectivity index (χ3v) is 2.15. The average Bonchev–Trinajstić information content (AvgIpc) is 2.80. The van der Waals surface area contributed by atoms with Crippen molar-refractivity contribution in [3.05, 3.63) is 12.2 Å². The molecule has 0 aromatic carbocycles. The number of hydrogen-bond donors (Lipinski definition) is 0. The summed E-state index contributed by atoms with van der Waals surface area (Å²) in [7, 11) is 0. The Kier molecular flexibility index (Phi) is 3.32. The second-order valence-electron chi connectivity index (χ2n) is 4.43. The molecule has 0 bridgehead atoms. The van der Waals surface area contributed by atoms with Crippen LogP contribution >= 0.6 is 0 Å². The lowest BCUT2D eigenvalue weighted by atomic mass is 9.99. The van der Waals surface area contributed by atoms with Gasteiger partial charge in [-0.05, 0) is 19.3 Å². The molecule has 1 heterocycles. The fourth-order valence-electron chi connectivity index (χ4n) is 1.43. The van der Waals surface area contributed by atoms with Gasteiger partial charge in [0.25, 0.3) is 0 Å². The first kappa shape index (κ1) is 11.2. The molecule has 1 aliphatic heterocycles. The van der Waals surface area contributed by atoms with Crippen molar-refractivity contribution in [2.45, 2.75) is 32.8 Å². The highest BCUT2D eigenvalue weighted by Gasteiger charge is 2.46. The number of carbonyl (C=O) groups is 1. The summed E-state index contributed by atoms with van der Waals surface area (Å²) in [6.45, 7) is 10.5. The molecule has 0 saturated carbocycles. The van der Waals surface area contributed by atoms with Crippen LogP contribution in [0.2, 0.25) is 0 Å². The number of rotatable bonds is 5. The summed E-state index contributed by atoms with van der Waals surface area (Å²) in [6, 6.07) is 0. The maximum absolute atomic E-state index is 11.1. The molecule has 1 saturated heterocycles. The van der Waals surface area contributed by atoms with Crippen LogP contribution in [0.1, 0.15) is 27.2 Å². The molecule has 80 valence electrons. The van der Waals surface area contributed by atoms with E-state index in [9.17, 15) is 4.79 Å². The van der Waals surface area contributed by atoms with Crippen molar-refractivity contribution in [2.24, 2.45) is 5.92 Å². The average molecular weight is 198 g/mol. The van der Waals surface area contributed by atoms with E-state index < -0.39 is 0 Å². The van der Waals surface area contributed by atoms with E-state index in [4.69, 9.17) is 9.47 Å². The molecule has 14 heavy (non-hydrogen) atoms. The molecule has 1 aliphatic rings. The molecule has 0 spiro atoms. The molecule has 3 nitrogen and oxygen atoms in total. The smallest absolute Gasteiger partial charge is 0.333 e. The molecular formula is C11H18O3. The van der Waals surface area contributed by atoms with Crippen LogP contribution in [-0.2, 0) is 14.3 Å². The van der Waals surface area contributed by atoms with E-state index in [2.05, 4.69) is 20.4 Å². The zero-order valence-corrected chi connectivity index (χ0v) is 9.13. The van der Waals surface area contributed by atoms with Gasteiger partial charge in [-0.25, -0.2) is 4.79 Å². The lowest BCUT2D eigenvalue weighted by molar-refractivity contribution is -0.140. The van der Waals surface area contributed by atoms with Crippen LogP contribution in [0.3, 0.4) is 0 Å². The van der Waals surface area contributed by atoms with E-state index in [1.807, 2.05) is 0 Å². The monoisotopic (exact) mass is 198 g/mol. The summed E-state index contributed by atoms with van der Waals surface area (Å²) in [6.07, 6.45) is 0.941. The second kappa shape index (κ2) is 4.13. The number of epoxide rings is 1. The summed E-state index contributed by atoms with van der Waals surface area (Å²) >= 11 is 0. The highest BCUT2D eigenvalue weighted by Crippen LogP contribution is 2.34. The first-order chi connectivity index (χ1) is 6.45. The fraction of sp³-hybridized carbons (Fsp3) is 0.727. The maximum Gasteiger partial charge on any atom is 0.333 e. The Morgan fingerprint density at radius 3 is 2.57 bits per heavy atom. The van der Waals surface area contributed by atoms with E-state index >= 15 is 0 Å². The Labute approximate surface area is 85.1 Å².